The van der Waals surface area contributed by atoms with E-state index < -0.39 is 0 Å². The molecule has 0 saturated heterocycles. The third kappa shape index (κ3) is 2.51. The Morgan fingerprint density at radius 1 is 1.00 bits per heavy atom. The summed E-state index contributed by atoms with van der Waals surface area (Å²) in [5.74, 6) is 0. The number of fused-ring (bicyclic) bond motifs is 1. The van der Waals surface area contributed by atoms with Gasteiger partial charge in [0.15, 0.2) is 0 Å². The van der Waals surface area contributed by atoms with E-state index in [4.69, 9.17) is 5.73 Å². The second-order valence-electron chi connectivity index (χ2n) is 6.07. The molecule has 0 aromatic heterocycles. The van der Waals surface area contributed by atoms with Gasteiger partial charge in [-0.05, 0) is 72.9 Å². The van der Waals surface area contributed by atoms with Crippen LogP contribution >= 0.6 is 0 Å². The minimum atomic E-state index is 0.0932. The Hall–Kier alpha value is -1.60. The van der Waals surface area contributed by atoms with Crippen LogP contribution in [0, 0.1) is 13.8 Å². The first-order valence-corrected chi connectivity index (χ1v) is 7.57. The van der Waals surface area contributed by atoms with Gasteiger partial charge in [-0.1, -0.05) is 36.4 Å². The molecule has 1 aliphatic carbocycles. The van der Waals surface area contributed by atoms with Gasteiger partial charge in [-0.2, -0.15) is 0 Å². The third-order valence-corrected chi connectivity index (χ3v) is 4.53. The second-order valence-corrected chi connectivity index (χ2v) is 6.07. The highest BCUT2D eigenvalue weighted by Gasteiger charge is 2.15. The highest BCUT2D eigenvalue weighted by atomic mass is 14.6. The van der Waals surface area contributed by atoms with Crippen molar-refractivity contribution >= 4 is 0 Å². The van der Waals surface area contributed by atoms with Crippen molar-refractivity contribution in [3.63, 3.8) is 0 Å². The normalized spacial score (nSPS) is 15.2. The van der Waals surface area contributed by atoms with Crippen LogP contribution in [0.2, 0.25) is 0 Å². The fraction of sp³-hybridized carbons (Fsp3) is 0.368. The van der Waals surface area contributed by atoms with E-state index in [0.29, 0.717) is 0 Å². The van der Waals surface area contributed by atoms with Gasteiger partial charge in [0.2, 0.25) is 0 Å². The molecule has 2 N–H and O–H groups in total. The first kappa shape index (κ1) is 13.4. The van der Waals surface area contributed by atoms with Crippen LogP contribution in [0.3, 0.4) is 0 Å². The fourth-order valence-corrected chi connectivity index (χ4v) is 3.52. The van der Waals surface area contributed by atoms with Crippen LogP contribution in [0.1, 0.15) is 45.8 Å². The first-order valence-electron chi connectivity index (χ1n) is 7.57. The zero-order valence-electron chi connectivity index (χ0n) is 12.4. The summed E-state index contributed by atoms with van der Waals surface area (Å²) in [7, 11) is 0. The molecule has 1 aliphatic rings. The lowest BCUT2D eigenvalue weighted by molar-refractivity contribution is 0.710. The lowest BCUT2D eigenvalue weighted by Crippen LogP contribution is -2.16. The minimum absolute atomic E-state index is 0.0932. The number of benzene rings is 2. The maximum absolute atomic E-state index is 6.47. The van der Waals surface area contributed by atoms with E-state index in [0.717, 1.165) is 6.42 Å². The van der Waals surface area contributed by atoms with Crippen molar-refractivity contribution in [1.29, 1.82) is 0 Å². The zero-order chi connectivity index (χ0) is 14.1. The van der Waals surface area contributed by atoms with E-state index in [1.165, 1.54) is 52.6 Å². The third-order valence-electron chi connectivity index (χ3n) is 4.53. The van der Waals surface area contributed by atoms with Crippen LogP contribution < -0.4 is 5.73 Å². The number of rotatable bonds is 3. The van der Waals surface area contributed by atoms with Crippen molar-refractivity contribution in [3.05, 3.63) is 69.8 Å². The summed E-state index contributed by atoms with van der Waals surface area (Å²) < 4.78 is 0. The fourth-order valence-electron chi connectivity index (χ4n) is 3.52. The molecule has 3 rings (SSSR count). The summed E-state index contributed by atoms with van der Waals surface area (Å²) in [5, 5.41) is 0. The molecular weight excluding hydrogens is 242 g/mol. The van der Waals surface area contributed by atoms with Gasteiger partial charge in [0, 0.05) is 6.04 Å². The molecule has 1 atom stereocenters. The van der Waals surface area contributed by atoms with E-state index in [-0.39, 0.29) is 6.04 Å². The van der Waals surface area contributed by atoms with Crippen molar-refractivity contribution in [2.75, 3.05) is 0 Å². The average Bonchev–Trinajstić information content (AvgIpc) is 2.85. The van der Waals surface area contributed by atoms with Crippen molar-refractivity contribution in [2.45, 2.75) is 45.6 Å². The molecule has 0 spiro atoms. The second kappa shape index (κ2) is 5.41. The molecule has 1 heteroatoms. The SMILES string of the molecule is Cc1cccc(C)c1C(N)Cc1ccc2c(c1)CCC2. The van der Waals surface area contributed by atoms with E-state index in [1.54, 1.807) is 0 Å². The van der Waals surface area contributed by atoms with Gasteiger partial charge in [-0.25, -0.2) is 0 Å². The first-order chi connectivity index (χ1) is 9.65. The lowest BCUT2D eigenvalue weighted by atomic mass is 9.91. The molecule has 104 valence electrons. The van der Waals surface area contributed by atoms with Crippen LogP contribution in [0.25, 0.3) is 0 Å². The van der Waals surface area contributed by atoms with Crippen molar-refractivity contribution < 1.29 is 0 Å². The van der Waals surface area contributed by atoms with E-state index in [1.807, 2.05) is 0 Å². The Kier molecular flexibility index (Phi) is 3.62. The molecule has 20 heavy (non-hydrogen) atoms. The Balaban J connectivity index is 1.84. The van der Waals surface area contributed by atoms with Crippen LogP contribution in [-0.4, -0.2) is 0 Å². The molecule has 0 heterocycles. The predicted octanol–water partition coefficient (Wildman–Crippen LogP) is 4.03. The summed E-state index contributed by atoms with van der Waals surface area (Å²) in [5.41, 5.74) is 14.8. The molecule has 1 nitrogen and oxygen atoms in total. The quantitative estimate of drug-likeness (QED) is 0.890. The number of hydrogen-bond donors (Lipinski definition) is 1. The summed E-state index contributed by atoms with van der Waals surface area (Å²) >= 11 is 0. The van der Waals surface area contributed by atoms with Crippen LogP contribution in [-0.2, 0) is 19.3 Å². The topological polar surface area (TPSA) is 26.0 Å². The van der Waals surface area contributed by atoms with Crippen LogP contribution in [0.4, 0.5) is 0 Å². The summed E-state index contributed by atoms with van der Waals surface area (Å²) in [4.78, 5) is 0. The molecule has 2 aromatic rings. The van der Waals surface area contributed by atoms with Gasteiger partial charge in [-0.15, -0.1) is 0 Å². The Morgan fingerprint density at radius 3 is 2.45 bits per heavy atom. The number of aryl methyl sites for hydroxylation is 4. The minimum Gasteiger partial charge on any atom is -0.324 e. The monoisotopic (exact) mass is 265 g/mol. The number of hydrogen-bond acceptors (Lipinski definition) is 1. The highest BCUT2D eigenvalue weighted by molar-refractivity contribution is 5.39. The van der Waals surface area contributed by atoms with Gasteiger partial charge in [0.05, 0.1) is 0 Å². The maximum atomic E-state index is 6.47. The summed E-state index contributed by atoms with van der Waals surface area (Å²) in [6.07, 6.45) is 4.72. The van der Waals surface area contributed by atoms with Gasteiger partial charge in [0.1, 0.15) is 0 Å². The summed E-state index contributed by atoms with van der Waals surface area (Å²) in [6, 6.07) is 13.4. The highest BCUT2D eigenvalue weighted by Crippen LogP contribution is 2.27. The Labute approximate surface area is 121 Å². The molecule has 0 aliphatic heterocycles. The molecule has 1 unspecified atom stereocenters. The summed E-state index contributed by atoms with van der Waals surface area (Å²) in [6.45, 7) is 4.32. The van der Waals surface area contributed by atoms with E-state index >= 15 is 0 Å². The number of nitrogens with two attached hydrogens (primary N) is 1. The van der Waals surface area contributed by atoms with Gasteiger partial charge in [-0.3, -0.25) is 0 Å². The van der Waals surface area contributed by atoms with Gasteiger partial charge < -0.3 is 5.73 Å². The smallest absolute Gasteiger partial charge is 0.0341 e. The molecule has 0 radical (unpaired) electrons. The zero-order valence-corrected chi connectivity index (χ0v) is 12.4. The molecule has 0 amide bonds. The van der Waals surface area contributed by atoms with Gasteiger partial charge >= 0.3 is 0 Å². The molecule has 0 saturated carbocycles. The van der Waals surface area contributed by atoms with Crippen LogP contribution in [0.5, 0.6) is 0 Å². The largest absolute Gasteiger partial charge is 0.324 e. The Bertz CT molecular complexity index is 607. The van der Waals surface area contributed by atoms with Crippen LogP contribution in [0.15, 0.2) is 36.4 Å². The van der Waals surface area contributed by atoms with Gasteiger partial charge in [0.25, 0.3) is 0 Å². The van der Waals surface area contributed by atoms with Crippen molar-refractivity contribution in [2.24, 2.45) is 5.73 Å². The Morgan fingerprint density at radius 2 is 1.70 bits per heavy atom. The molecule has 2 aromatic carbocycles. The van der Waals surface area contributed by atoms with Crippen molar-refractivity contribution in [1.82, 2.24) is 0 Å². The van der Waals surface area contributed by atoms with E-state index in [2.05, 4.69) is 50.2 Å². The standard InChI is InChI=1S/C19H23N/c1-13-5-3-6-14(2)19(13)18(20)12-15-9-10-16-7-4-8-17(16)11-15/h3,5-6,9-11,18H,4,7-8,12,20H2,1-2H3. The lowest BCUT2D eigenvalue weighted by Gasteiger charge is -2.18. The predicted molar refractivity (Wildman–Crippen MR) is 85.0 cm³/mol. The van der Waals surface area contributed by atoms with E-state index in [9.17, 15) is 0 Å². The maximum Gasteiger partial charge on any atom is 0.0341 e. The molecular formula is C19H23N. The molecule has 0 fully saturated rings. The van der Waals surface area contributed by atoms with Crippen molar-refractivity contribution in [3.8, 4) is 0 Å². The average molecular weight is 265 g/mol. The molecule has 0 bridgehead atoms.